The number of carbonyl (C=O) groups is 1. The molecule has 132 valence electrons. The molecule has 2 aliphatic rings. The number of piperidine rings is 1. The van der Waals surface area contributed by atoms with E-state index in [9.17, 15) is 4.79 Å². The van der Waals surface area contributed by atoms with Crippen molar-refractivity contribution in [2.75, 3.05) is 38.7 Å². The van der Waals surface area contributed by atoms with Crippen molar-refractivity contribution >= 4 is 11.7 Å². The highest BCUT2D eigenvalue weighted by atomic mass is 16.5. The Balaban J connectivity index is 1.52. The summed E-state index contributed by atoms with van der Waals surface area (Å²) in [6.45, 7) is 2.42. The van der Waals surface area contributed by atoms with Crippen molar-refractivity contribution in [3.8, 4) is 0 Å². The fraction of sp³-hybridized carbons (Fsp3) is 0.500. The first kappa shape index (κ1) is 16.1. The number of nitrogens with zero attached hydrogens (tertiary/aromatic N) is 4. The van der Waals surface area contributed by atoms with Gasteiger partial charge in [-0.15, -0.1) is 0 Å². The fourth-order valence-electron chi connectivity index (χ4n) is 3.76. The van der Waals surface area contributed by atoms with Crippen LogP contribution >= 0.6 is 0 Å². The van der Waals surface area contributed by atoms with E-state index in [2.05, 4.69) is 20.1 Å². The van der Waals surface area contributed by atoms with Gasteiger partial charge in [0.2, 0.25) is 0 Å². The summed E-state index contributed by atoms with van der Waals surface area (Å²) in [6, 6.07) is 5.62. The topological polar surface area (TPSA) is 74.3 Å². The first-order chi connectivity index (χ1) is 12.1. The smallest absolute Gasteiger partial charge is 0.272 e. The number of ether oxygens (including phenoxy) is 1. The van der Waals surface area contributed by atoms with Crippen LogP contribution in [0.15, 0.2) is 24.4 Å². The number of nitrogens with one attached hydrogen (secondary N) is 1. The molecule has 0 unspecified atom stereocenters. The van der Waals surface area contributed by atoms with Gasteiger partial charge in [-0.3, -0.25) is 9.89 Å². The molecule has 7 nitrogen and oxygen atoms in total. The first-order valence-electron chi connectivity index (χ1n) is 8.69. The zero-order valence-electron chi connectivity index (χ0n) is 14.7. The number of aromatic nitrogens is 3. The van der Waals surface area contributed by atoms with Gasteiger partial charge in [-0.05, 0) is 37.0 Å². The number of H-pyrrole nitrogens is 1. The summed E-state index contributed by atoms with van der Waals surface area (Å²) in [5, 5.41) is 7.35. The van der Waals surface area contributed by atoms with Gasteiger partial charge in [0.25, 0.3) is 5.91 Å². The summed E-state index contributed by atoms with van der Waals surface area (Å²) >= 11 is 0. The van der Waals surface area contributed by atoms with Crippen LogP contribution in [0.4, 0.5) is 5.82 Å². The van der Waals surface area contributed by atoms with Gasteiger partial charge in [-0.2, -0.15) is 5.10 Å². The van der Waals surface area contributed by atoms with Gasteiger partial charge in [-0.1, -0.05) is 6.07 Å². The molecule has 1 fully saturated rings. The number of hydrogen-bond acceptors (Lipinski definition) is 5. The van der Waals surface area contributed by atoms with Crippen molar-refractivity contribution in [1.82, 2.24) is 20.1 Å². The number of pyridine rings is 1. The van der Waals surface area contributed by atoms with Crippen LogP contribution in [-0.4, -0.2) is 59.8 Å². The average molecular weight is 341 g/mol. The van der Waals surface area contributed by atoms with Gasteiger partial charge in [-0.25, -0.2) is 4.98 Å². The second-order valence-corrected chi connectivity index (χ2v) is 6.93. The van der Waals surface area contributed by atoms with E-state index in [1.54, 1.807) is 25.1 Å². The molecule has 0 saturated carbocycles. The highest BCUT2D eigenvalue weighted by Crippen LogP contribution is 2.40. The summed E-state index contributed by atoms with van der Waals surface area (Å²) in [5.41, 5.74) is 2.64. The molecule has 0 bridgehead atoms. The van der Waals surface area contributed by atoms with E-state index in [0.29, 0.717) is 5.69 Å². The Bertz CT molecular complexity index is 777. The maximum Gasteiger partial charge on any atom is 0.272 e. The standard InChI is InChI=1S/C18H23N5O2/c1-22(2)17(24)14-4-3-5-15(20-14)23-9-7-18(8-10-23)16-13(6-11-25-18)12-19-21-16/h3-5,12H,6-11H2,1-2H3,(H,19,21). The molecule has 0 aromatic carbocycles. The second-order valence-electron chi connectivity index (χ2n) is 6.93. The lowest BCUT2D eigenvalue weighted by Gasteiger charge is -2.43. The Kier molecular flexibility index (Phi) is 3.95. The SMILES string of the molecule is CN(C)C(=O)c1cccc(N2CCC3(CC2)OCCc2cn[nH]c23)n1. The molecule has 1 N–H and O–H groups in total. The molecule has 1 saturated heterocycles. The van der Waals surface area contributed by atoms with E-state index in [-0.39, 0.29) is 11.5 Å². The summed E-state index contributed by atoms with van der Waals surface area (Å²) in [7, 11) is 3.48. The zero-order valence-corrected chi connectivity index (χ0v) is 14.7. The number of hydrogen-bond donors (Lipinski definition) is 1. The number of rotatable bonds is 2. The normalized spacial score (nSPS) is 18.9. The highest BCUT2D eigenvalue weighted by Gasteiger charge is 2.42. The summed E-state index contributed by atoms with van der Waals surface area (Å²) < 4.78 is 6.19. The minimum absolute atomic E-state index is 0.0759. The third kappa shape index (κ3) is 2.78. The average Bonchev–Trinajstić information content (AvgIpc) is 3.12. The maximum atomic E-state index is 12.1. The molecule has 2 aliphatic heterocycles. The lowest BCUT2D eigenvalue weighted by Crippen LogP contribution is -2.47. The zero-order chi connectivity index (χ0) is 17.4. The molecule has 25 heavy (non-hydrogen) atoms. The van der Waals surface area contributed by atoms with E-state index < -0.39 is 0 Å². The first-order valence-corrected chi connectivity index (χ1v) is 8.69. The third-order valence-electron chi connectivity index (χ3n) is 5.18. The molecule has 4 heterocycles. The largest absolute Gasteiger partial charge is 0.368 e. The highest BCUT2D eigenvalue weighted by molar-refractivity contribution is 5.92. The van der Waals surface area contributed by atoms with Crippen LogP contribution in [0.2, 0.25) is 0 Å². The van der Waals surface area contributed by atoms with Crippen LogP contribution in [-0.2, 0) is 16.8 Å². The summed E-state index contributed by atoms with van der Waals surface area (Å²) in [5.74, 6) is 0.774. The van der Waals surface area contributed by atoms with Crippen LogP contribution in [0.25, 0.3) is 0 Å². The van der Waals surface area contributed by atoms with Crippen LogP contribution in [0.3, 0.4) is 0 Å². The quantitative estimate of drug-likeness (QED) is 0.898. The molecule has 0 atom stereocenters. The van der Waals surface area contributed by atoms with Gasteiger partial charge in [0.1, 0.15) is 17.1 Å². The summed E-state index contributed by atoms with van der Waals surface area (Å²) in [6.07, 6.45) is 4.61. The number of carbonyl (C=O) groups excluding carboxylic acids is 1. The monoisotopic (exact) mass is 341 g/mol. The van der Waals surface area contributed by atoms with Crippen LogP contribution < -0.4 is 4.90 Å². The Morgan fingerprint density at radius 1 is 1.32 bits per heavy atom. The molecule has 4 rings (SSSR count). The molecule has 2 aromatic heterocycles. The van der Waals surface area contributed by atoms with E-state index in [1.165, 1.54) is 5.56 Å². The van der Waals surface area contributed by atoms with E-state index in [4.69, 9.17) is 4.74 Å². The van der Waals surface area contributed by atoms with Gasteiger partial charge < -0.3 is 14.5 Å². The molecule has 1 amide bonds. The second kappa shape index (κ2) is 6.15. The van der Waals surface area contributed by atoms with Gasteiger partial charge >= 0.3 is 0 Å². The molecule has 2 aromatic rings. The minimum Gasteiger partial charge on any atom is -0.368 e. The predicted molar refractivity (Wildman–Crippen MR) is 93.6 cm³/mol. The molecular weight excluding hydrogens is 318 g/mol. The Morgan fingerprint density at radius 3 is 2.88 bits per heavy atom. The Labute approximate surface area is 147 Å². The molecule has 0 aliphatic carbocycles. The van der Waals surface area contributed by atoms with Gasteiger partial charge in [0, 0.05) is 27.2 Å². The number of amides is 1. The fourth-order valence-corrected chi connectivity index (χ4v) is 3.76. The van der Waals surface area contributed by atoms with Crippen molar-refractivity contribution in [2.45, 2.75) is 24.9 Å². The number of anilines is 1. The Morgan fingerprint density at radius 2 is 2.12 bits per heavy atom. The number of fused-ring (bicyclic) bond motifs is 2. The van der Waals surface area contributed by atoms with Crippen LogP contribution in [0.1, 0.15) is 34.6 Å². The predicted octanol–water partition coefficient (Wildman–Crippen LogP) is 1.57. The molecule has 7 heteroatoms. The molecule has 0 radical (unpaired) electrons. The van der Waals surface area contributed by atoms with Crippen LogP contribution in [0, 0.1) is 0 Å². The molecular formula is C18H23N5O2. The molecule has 1 spiro atoms. The lowest BCUT2D eigenvalue weighted by molar-refractivity contribution is -0.0796. The van der Waals surface area contributed by atoms with Crippen molar-refractivity contribution in [1.29, 1.82) is 0 Å². The van der Waals surface area contributed by atoms with E-state index >= 15 is 0 Å². The van der Waals surface area contributed by atoms with Crippen molar-refractivity contribution in [2.24, 2.45) is 0 Å². The van der Waals surface area contributed by atoms with E-state index in [0.717, 1.165) is 50.5 Å². The van der Waals surface area contributed by atoms with Gasteiger partial charge in [0.15, 0.2) is 0 Å². The van der Waals surface area contributed by atoms with Crippen molar-refractivity contribution in [3.05, 3.63) is 41.3 Å². The minimum atomic E-state index is -0.252. The van der Waals surface area contributed by atoms with Crippen molar-refractivity contribution < 1.29 is 9.53 Å². The Hall–Kier alpha value is -2.41. The van der Waals surface area contributed by atoms with Crippen molar-refractivity contribution in [3.63, 3.8) is 0 Å². The van der Waals surface area contributed by atoms with Crippen LogP contribution in [0.5, 0.6) is 0 Å². The summed E-state index contributed by atoms with van der Waals surface area (Å²) in [4.78, 5) is 20.5. The van der Waals surface area contributed by atoms with Gasteiger partial charge in [0.05, 0.1) is 18.5 Å². The van der Waals surface area contributed by atoms with E-state index in [1.807, 2.05) is 18.3 Å². The number of aromatic amines is 1. The maximum absolute atomic E-state index is 12.1. The lowest BCUT2D eigenvalue weighted by atomic mass is 9.84. The third-order valence-corrected chi connectivity index (χ3v) is 5.18.